The Morgan fingerprint density at radius 3 is 1.80 bits per heavy atom. The van der Waals surface area contributed by atoms with Crippen LogP contribution in [0.25, 0.3) is 0 Å². The van der Waals surface area contributed by atoms with E-state index in [1.165, 1.54) is 115 Å². The molecule has 2 aliphatic rings. The number of nitrogens with zero attached hydrogens (tertiary/aromatic N) is 1. The molecule has 2 aliphatic carbocycles. The zero-order valence-corrected chi connectivity index (χ0v) is 19.6. The van der Waals surface area contributed by atoms with Gasteiger partial charge in [0.15, 0.2) is 0 Å². The monoisotopic (exact) mass is 407 g/mol. The lowest BCUT2D eigenvalue weighted by atomic mass is 9.68. The fourth-order valence-corrected chi connectivity index (χ4v) is 6.23. The molecule has 0 N–H and O–H groups in total. The lowest BCUT2D eigenvalue weighted by Gasteiger charge is -2.38. The minimum absolute atomic E-state index is 0.779. The average Bonchev–Trinajstić information content (AvgIpc) is 2.81. The van der Waals surface area contributed by atoms with Crippen molar-refractivity contribution in [3.63, 3.8) is 0 Å². The summed E-state index contributed by atoms with van der Waals surface area (Å²) in [6.07, 6.45) is 24.7. The third kappa shape index (κ3) is 7.76. The molecule has 1 aromatic carbocycles. The number of unbranched alkanes of at least 4 members (excludes halogenated alkanes) is 5. The minimum Gasteiger partial charge on any atom is -0.192 e. The van der Waals surface area contributed by atoms with Crippen molar-refractivity contribution in [2.24, 2.45) is 23.7 Å². The van der Waals surface area contributed by atoms with Crippen LogP contribution in [0.4, 0.5) is 0 Å². The summed E-state index contributed by atoms with van der Waals surface area (Å²) in [7, 11) is 0. The van der Waals surface area contributed by atoms with Gasteiger partial charge in [-0.2, -0.15) is 5.26 Å². The minimum atomic E-state index is 0.779. The molecule has 0 radical (unpaired) electrons. The van der Waals surface area contributed by atoms with Crippen molar-refractivity contribution in [1.82, 2.24) is 0 Å². The molecule has 3 rings (SSSR count). The summed E-state index contributed by atoms with van der Waals surface area (Å²) >= 11 is 0. The highest BCUT2D eigenvalue weighted by molar-refractivity contribution is 5.31. The Hall–Kier alpha value is -1.29. The van der Waals surface area contributed by atoms with Crippen LogP contribution in [0.5, 0.6) is 0 Å². The highest BCUT2D eigenvalue weighted by Gasteiger charge is 2.30. The van der Waals surface area contributed by atoms with Gasteiger partial charge in [0, 0.05) is 0 Å². The van der Waals surface area contributed by atoms with Gasteiger partial charge in [0.2, 0.25) is 0 Å². The Balaban J connectivity index is 1.26. The van der Waals surface area contributed by atoms with E-state index in [9.17, 15) is 0 Å². The Morgan fingerprint density at radius 1 is 0.700 bits per heavy atom. The highest BCUT2D eigenvalue weighted by atomic mass is 14.4. The van der Waals surface area contributed by atoms with Gasteiger partial charge in [-0.15, -0.1) is 0 Å². The molecule has 0 spiro atoms. The number of hydrogen-bond donors (Lipinski definition) is 0. The van der Waals surface area contributed by atoms with E-state index in [0.717, 1.165) is 29.2 Å². The first-order valence-corrected chi connectivity index (χ1v) is 13.3. The average molecular weight is 408 g/mol. The molecule has 166 valence electrons. The van der Waals surface area contributed by atoms with E-state index in [2.05, 4.69) is 25.1 Å². The van der Waals surface area contributed by atoms with Crippen LogP contribution in [-0.4, -0.2) is 0 Å². The maximum Gasteiger partial charge on any atom is 0.0991 e. The molecular formula is C29H45N. The first kappa shape index (κ1) is 23.4. The Kier molecular flexibility index (Phi) is 10.3. The maximum absolute atomic E-state index is 8.93. The molecule has 0 aliphatic heterocycles. The number of benzene rings is 1. The predicted octanol–water partition coefficient (Wildman–Crippen LogP) is 8.85. The second-order valence-corrected chi connectivity index (χ2v) is 10.5. The van der Waals surface area contributed by atoms with Crippen molar-refractivity contribution in [1.29, 1.82) is 5.26 Å². The molecule has 0 aromatic heterocycles. The zero-order chi connectivity index (χ0) is 21.0. The van der Waals surface area contributed by atoms with Crippen LogP contribution in [-0.2, 0) is 6.42 Å². The van der Waals surface area contributed by atoms with E-state index in [-0.39, 0.29) is 0 Å². The molecule has 1 aromatic rings. The van der Waals surface area contributed by atoms with Gasteiger partial charge in [0.1, 0.15) is 0 Å². The summed E-state index contributed by atoms with van der Waals surface area (Å²) < 4.78 is 0. The number of nitriles is 1. The predicted molar refractivity (Wildman–Crippen MR) is 128 cm³/mol. The van der Waals surface area contributed by atoms with Crippen molar-refractivity contribution in [2.75, 3.05) is 0 Å². The highest BCUT2D eigenvalue weighted by Crippen LogP contribution is 2.43. The second-order valence-electron chi connectivity index (χ2n) is 10.5. The Bertz CT molecular complexity index is 609. The quantitative estimate of drug-likeness (QED) is 0.336. The first-order valence-electron chi connectivity index (χ1n) is 13.3. The summed E-state index contributed by atoms with van der Waals surface area (Å²) in [5.41, 5.74) is 2.18. The van der Waals surface area contributed by atoms with Crippen molar-refractivity contribution in [3.8, 4) is 6.07 Å². The summed E-state index contributed by atoms with van der Waals surface area (Å²) in [6.45, 7) is 2.31. The van der Waals surface area contributed by atoms with Crippen LogP contribution in [0.15, 0.2) is 24.3 Å². The molecule has 1 nitrogen and oxygen atoms in total. The van der Waals surface area contributed by atoms with Gasteiger partial charge < -0.3 is 0 Å². The van der Waals surface area contributed by atoms with Crippen LogP contribution < -0.4 is 0 Å². The van der Waals surface area contributed by atoms with Gasteiger partial charge in [-0.3, -0.25) is 0 Å². The van der Waals surface area contributed by atoms with Gasteiger partial charge >= 0.3 is 0 Å². The fourth-order valence-electron chi connectivity index (χ4n) is 6.23. The number of hydrogen-bond acceptors (Lipinski definition) is 1. The molecule has 1 heteroatoms. The van der Waals surface area contributed by atoms with E-state index < -0.39 is 0 Å². The van der Waals surface area contributed by atoms with Gasteiger partial charge in [-0.1, -0.05) is 89.7 Å². The van der Waals surface area contributed by atoms with Crippen LogP contribution in [0.2, 0.25) is 0 Å². The smallest absolute Gasteiger partial charge is 0.0991 e. The van der Waals surface area contributed by atoms with Crippen molar-refractivity contribution in [3.05, 3.63) is 35.4 Å². The third-order valence-corrected chi connectivity index (χ3v) is 8.34. The van der Waals surface area contributed by atoms with E-state index in [1.807, 2.05) is 12.1 Å². The largest absolute Gasteiger partial charge is 0.192 e. The van der Waals surface area contributed by atoms with Crippen LogP contribution in [0, 0.1) is 35.0 Å². The molecule has 0 unspecified atom stereocenters. The topological polar surface area (TPSA) is 23.8 Å². The van der Waals surface area contributed by atoms with E-state index in [1.54, 1.807) is 0 Å². The summed E-state index contributed by atoms with van der Waals surface area (Å²) in [4.78, 5) is 0. The second kappa shape index (κ2) is 13.2. The maximum atomic E-state index is 8.93. The lowest BCUT2D eigenvalue weighted by molar-refractivity contribution is 0.140. The summed E-state index contributed by atoms with van der Waals surface area (Å²) in [5.74, 6) is 4.06. The number of rotatable bonds is 11. The van der Waals surface area contributed by atoms with E-state index >= 15 is 0 Å². The van der Waals surface area contributed by atoms with Crippen LogP contribution in [0.3, 0.4) is 0 Å². The lowest BCUT2D eigenvalue weighted by Crippen LogP contribution is -2.26. The SMILES string of the molecule is CCCCCCCC[C@H]1CC[C@H](C2CCC(CCc3ccc(C#N)cc3)CC2)CC1. The van der Waals surface area contributed by atoms with Gasteiger partial charge in [-0.25, -0.2) is 0 Å². The zero-order valence-electron chi connectivity index (χ0n) is 19.6. The molecule has 0 heterocycles. The summed E-state index contributed by atoms with van der Waals surface area (Å²) in [6, 6.07) is 10.4. The number of aryl methyl sites for hydroxylation is 1. The fraction of sp³-hybridized carbons (Fsp3) is 0.759. The molecule has 0 amide bonds. The van der Waals surface area contributed by atoms with Crippen molar-refractivity contribution < 1.29 is 0 Å². The molecule has 2 saturated carbocycles. The summed E-state index contributed by atoms with van der Waals surface area (Å²) in [5, 5.41) is 8.93. The Labute approximate surface area is 186 Å². The normalized spacial score (nSPS) is 26.9. The van der Waals surface area contributed by atoms with Gasteiger partial charge in [-0.05, 0) is 79.9 Å². The molecule has 0 bridgehead atoms. The Morgan fingerprint density at radius 2 is 1.23 bits per heavy atom. The van der Waals surface area contributed by atoms with E-state index in [0.29, 0.717) is 0 Å². The first-order chi connectivity index (χ1) is 14.8. The third-order valence-electron chi connectivity index (χ3n) is 8.34. The van der Waals surface area contributed by atoms with Gasteiger partial charge in [0.05, 0.1) is 11.6 Å². The van der Waals surface area contributed by atoms with Gasteiger partial charge in [0.25, 0.3) is 0 Å². The van der Waals surface area contributed by atoms with Crippen molar-refractivity contribution in [2.45, 2.75) is 116 Å². The molecule has 30 heavy (non-hydrogen) atoms. The van der Waals surface area contributed by atoms with Crippen LogP contribution >= 0.6 is 0 Å². The molecule has 0 atom stereocenters. The van der Waals surface area contributed by atoms with Crippen molar-refractivity contribution >= 4 is 0 Å². The van der Waals surface area contributed by atoms with E-state index in [4.69, 9.17) is 5.26 Å². The standard InChI is InChI=1S/C29H45N/c1-2-3-4-5-6-7-8-24-15-19-28(20-16-24)29-21-17-26(18-22-29)10-9-25-11-13-27(23-30)14-12-25/h11-14,24,26,28-29H,2-10,15-22H2,1H3/t24-,26?,28-,29?. The molecule has 0 saturated heterocycles. The molecular weight excluding hydrogens is 362 g/mol. The van der Waals surface area contributed by atoms with Crippen LogP contribution in [0.1, 0.15) is 121 Å². The molecule has 2 fully saturated rings.